The second-order valence-corrected chi connectivity index (χ2v) is 17.6. The number of carbonyl (C=O) groups excluding carboxylic acids is 1. The number of ketones is 1. The molecule has 0 saturated carbocycles. The van der Waals surface area contributed by atoms with Crippen LogP contribution in [0.2, 0.25) is 0 Å². The van der Waals surface area contributed by atoms with Gasteiger partial charge in [0.2, 0.25) is 0 Å². The van der Waals surface area contributed by atoms with Crippen molar-refractivity contribution >= 4 is 25.7 Å². The number of hydrogen-bond acceptors (Lipinski definition) is 7. The number of benzene rings is 2. The van der Waals surface area contributed by atoms with Crippen LogP contribution in [0.3, 0.4) is 0 Å². The van der Waals surface area contributed by atoms with Gasteiger partial charge in [-0.15, -0.1) is 0 Å². The first-order chi connectivity index (χ1) is 25.5. The molecule has 53 heavy (non-hydrogen) atoms. The molecular formula is C45H63N4O3P. The summed E-state index contributed by atoms with van der Waals surface area (Å²) in [6.07, 6.45) is 19.6. The van der Waals surface area contributed by atoms with E-state index >= 15 is 0 Å². The fourth-order valence-electron chi connectivity index (χ4n) is 8.46. The topological polar surface area (TPSA) is 77.8 Å². The van der Waals surface area contributed by atoms with E-state index in [9.17, 15) is 4.79 Å². The Hall–Kier alpha value is -3.27. The fourth-order valence-corrected chi connectivity index (χ4v) is 10.1. The SMILES string of the molecule is CC(C)N(C(C)C)P(OCCC#N)OCCCCCCC(C)(C(=O)C=CC=CC=C1N2CCCc3cccc(c32)C1(C)C)c1cccc2c1NCCC2. The van der Waals surface area contributed by atoms with Gasteiger partial charge in [0, 0.05) is 47.7 Å². The number of para-hydroxylation sites is 2. The maximum atomic E-state index is 14.3. The summed E-state index contributed by atoms with van der Waals surface area (Å²) in [5, 5.41) is 12.7. The van der Waals surface area contributed by atoms with Crippen molar-refractivity contribution in [3.8, 4) is 6.07 Å². The van der Waals surface area contributed by atoms with Crippen LogP contribution >= 0.6 is 8.53 Å². The van der Waals surface area contributed by atoms with Gasteiger partial charge in [0.1, 0.15) is 0 Å². The summed E-state index contributed by atoms with van der Waals surface area (Å²) in [7, 11) is -1.22. The molecule has 7 nitrogen and oxygen atoms in total. The number of aryl methyl sites for hydroxylation is 2. The zero-order valence-electron chi connectivity index (χ0n) is 33.4. The van der Waals surface area contributed by atoms with Crippen molar-refractivity contribution in [1.29, 1.82) is 5.26 Å². The van der Waals surface area contributed by atoms with Crippen LogP contribution in [0.25, 0.3) is 0 Å². The molecule has 0 amide bonds. The molecule has 2 aromatic carbocycles. The lowest BCUT2D eigenvalue weighted by molar-refractivity contribution is -0.119. The summed E-state index contributed by atoms with van der Waals surface area (Å²) in [4.78, 5) is 16.8. The molecule has 1 N–H and O–H groups in total. The Bertz CT molecular complexity index is 1680. The predicted octanol–water partition coefficient (Wildman–Crippen LogP) is 10.9. The average Bonchev–Trinajstić information content (AvgIpc) is 3.36. The number of fused-ring (bicyclic) bond motifs is 1. The summed E-state index contributed by atoms with van der Waals surface area (Å²) >= 11 is 0. The maximum Gasteiger partial charge on any atom is 0.259 e. The molecule has 2 atom stereocenters. The number of unbranched alkanes of at least 4 members (excludes halogenated alkanes) is 3. The molecule has 0 bridgehead atoms. The number of rotatable bonds is 19. The molecule has 0 aromatic heterocycles. The molecule has 3 aliphatic heterocycles. The molecular weight excluding hydrogens is 675 g/mol. The third kappa shape index (κ3) is 9.52. The van der Waals surface area contributed by atoms with Gasteiger partial charge in [-0.25, -0.2) is 4.67 Å². The number of carbonyl (C=O) groups is 1. The zero-order chi connectivity index (χ0) is 38.0. The van der Waals surface area contributed by atoms with Gasteiger partial charge in [0.15, 0.2) is 5.78 Å². The Morgan fingerprint density at radius 3 is 2.47 bits per heavy atom. The van der Waals surface area contributed by atoms with E-state index in [0.29, 0.717) is 19.6 Å². The molecule has 286 valence electrons. The van der Waals surface area contributed by atoms with Crippen molar-refractivity contribution in [3.05, 3.63) is 94.7 Å². The van der Waals surface area contributed by atoms with E-state index in [1.807, 2.05) is 12.2 Å². The average molecular weight is 739 g/mol. The molecule has 2 unspecified atom stereocenters. The van der Waals surface area contributed by atoms with E-state index in [2.05, 4.69) is 118 Å². The summed E-state index contributed by atoms with van der Waals surface area (Å²) in [6.45, 7) is 18.4. The minimum atomic E-state index is -1.22. The van der Waals surface area contributed by atoms with Crippen LogP contribution in [-0.2, 0) is 37.5 Å². The van der Waals surface area contributed by atoms with Gasteiger partial charge < -0.3 is 19.3 Å². The first kappa shape index (κ1) is 40.9. The highest BCUT2D eigenvalue weighted by atomic mass is 31.2. The maximum absolute atomic E-state index is 14.3. The first-order valence-corrected chi connectivity index (χ1v) is 21.2. The van der Waals surface area contributed by atoms with Gasteiger partial charge in [-0.1, -0.05) is 87.7 Å². The van der Waals surface area contributed by atoms with Crippen LogP contribution < -0.4 is 10.2 Å². The van der Waals surface area contributed by atoms with Crippen LogP contribution in [0.4, 0.5) is 11.4 Å². The molecule has 2 aromatic rings. The minimum Gasteiger partial charge on any atom is -0.385 e. The van der Waals surface area contributed by atoms with Gasteiger partial charge >= 0.3 is 0 Å². The van der Waals surface area contributed by atoms with E-state index in [0.717, 1.165) is 75.7 Å². The molecule has 3 heterocycles. The third-order valence-corrected chi connectivity index (χ3v) is 13.3. The van der Waals surface area contributed by atoms with Crippen molar-refractivity contribution in [2.24, 2.45) is 0 Å². The Morgan fingerprint density at radius 1 is 0.981 bits per heavy atom. The number of nitrogens with one attached hydrogen (secondary N) is 1. The molecule has 8 heteroatoms. The monoisotopic (exact) mass is 738 g/mol. The lowest BCUT2D eigenvalue weighted by atomic mass is 9.72. The number of anilines is 2. The van der Waals surface area contributed by atoms with Gasteiger partial charge in [0.05, 0.1) is 31.1 Å². The highest BCUT2D eigenvalue weighted by Gasteiger charge is 2.42. The number of nitrogens with zero attached hydrogens (tertiary/aromatic N) is 3. The van der Waals surface area contributed by atoms with Gasteiger partial charge in [-0.05, 0) is 108 Å². The van der Waals surface area contributed by atoms with Crippen molar-refractivity contribution in [3.63, 3.8) is 0 Å². The highest BCUT2D eigenvalue weighted by molar-refractivity contribution is 7.44. The Kier molecular flexibility index (Phi) is 14.6. The van der Waals surface area contributed by atoms with E-state index in [-0.39, 0.29) is 23.3 Å². The summed E-state index contributed by atoms with van der Waals surface area (Å²) < 4.78 is 14.6. The molecule has 0 spiro atoms. The van der Waals surface area contributed by atoms with E-state index in [1.54, 1.807) is 6.08 Å². The van der Waals surface area contributed by atoms with Crippen molar-refractivity contribution < 1.29 is 13.8 Å². The normalized spacial score (nSPS) is 18.8. The quantitative estimate of drug-likeness (QED) is 0.0665. The third-order valence-electron chi connectivity index (χ3n) is 11.2. The van der Waals surface area contributed by atoms with E-state index < -0.39 is 13.9 Å². The largest absolute Gasteiger partial charge is 0.385 e. The van der Waals surface area contributed by atoms with E-state index in [4.69, 9.17) is 14.3 Å². The van der Waals surface area contributed by atoms with Crippen molar-refractivity contribution in [2.45, 2.75) is 136 Å². The van der Waals surface area contributed by atoms with Crippen LogP contribution in [0.1, 0.15) is 122 Å². The molecule has 3 aliphatic rings. The molecule has 0 fully saturated rings. The molecule has 5 rings (SSSR count). The van der Waals surface area contributed by atoms with Gasteiger partial charge in [-0.3, -0.25) is 4.79 Å². The number of hydrogen-bond donors (Lipinski definition) is 1. The van der Waals surface area contributed by atoms with Crippen LogP contribution in [-0.4, -0.2) is 48.8 Å². The Balaban J connectivity index is 1.23. The first-order valence-electron chi connectivity index (χ1n) is 20.1. The summed E-state index contributed by atoms with van der Waals surface area (Å²) in [5.41, 5.74) is 8.51. The Morgan fingerprint density at radius 2 is 1.70 bits per heavy atom. The van der Waals surface area contributed by atoms with Crippen LogP contribution in [0.5, 0.6) is 0 Å². The lowest BCUT2D eigenvalue weighted by Gasteiger charge is -2.35. The molecule has 0 aliphatic carbocycles. The smallest absolute Gasteiger partial charge is 0.259 e. The number of nitriles is 1. The fraction of sp³-hybridized carbons (Fsp3) is 0.556. The molecule has 0 radical (unpaired) electrons. The Labute approximate surface area is 321 Å². The van der Waals surface area contributed by atoms with Crippen LogP contribution in [0.15, 0.2) is 72.5 Å². The highest BCUT2D eigenvalue weighted by Crippen LogP contribution is 2.51. The zero-order valence-corrected chi connectivity index (χ0v) is 34.3. The molecule has 0 saturated heterocycles. The summed E-state index contributed by atoms with van der Waals surface area (Å²) in [5.74, 6) is 0.149. The minimum absolute atomic E-state index is 0.0550. The van der Waals surface area contributed by atoms with Crippen molar-refractivity contribution in [2.75, 3.05) is 36.5 Å². The standard InChI is InChI=1S/C45H63N4O3P/c1-34(2)49(35(3)4)53(52-33-19-29-46)51-32-14-9-8-13-28-45(7,38-24-15-20-36-22-17-30-47-42(36)38)41(50)27-12-10-11-26-40-44(5,6)39-25-16-21-37-23-18-31-48(40)43(37)39/h10-12,15-16,20-21,24-27,34-35,47H,8-9,13-14,17-19,22-23,28,30-33H2,1-7H3. The predicted molar refractivity (Wildman–Crippen MR) is 221 cm³/mol. The second-order valence-electron chi connectivity index (χ2n) is 16.1. The van der Waals surface area contributed by atoms with Crippen LogP contribution in [0, 0.1) is 11.3 Å². The van der Waals surface area contributed by atoms with Gasteiger partial charge in [0.25, 0.3) is 8.53 Å². The summed E-state index contributed by atoms with van der Waals surface area (Å²) in [6, 6.07) is 16.0. The van der Waals surface area contributed by atoms with E-state index in [1.165, 1.54) is 34.5 Å². The van der Waals surface area contributed by atoms with Crippen molar-refractivity contribution in [1.82, 2.24) is 4.67 Å². The van der Waals surface area contributed by atoms with Gasteiger partial charge in [-0.2, -0.15) is 5.26 Å². The number of allylic oxidation sites excluding steroid dienone is 6. The second kappa shape index (κ2) is 18.9. The lowest BCUT2D eigenvalue weighted by Crippen LogP contribution is -2.33.